The Bertz CT molecular complexity index is 1430. The number of nitrogens with one attached hydrogen (secondary N) is 2. The maximum absolute atomic E-state index is 13.1. The van der Waals surface area contributed by atoms with Gasteiger partial charge in [-0.2, -0.15) is 0 Å². The van der Waals surface area contributed by atoms with E-state index in [4.69, 9.17) is 11.3 Å². The number of aliphatic carboxylic acids is 1. The van der Waals surface area contributed by atoms with Gasteiger partial charge in [-0.3, -0.25) is 9.59 Å². The van der Waals surface area contributed by atoms with Crippen LogP contribution in [0.4, 0.5) is 0 Å². The van der Waals surface area contributed by atoms with E-state index in [1.807, 2.05) is 18.2 Å². The molecule has 2 amide bonds. The smallest absolute Gasteiger partial charge is 0.326 e. The van der Waals surface area contributed by atoms with E-state index in [0.717, 1.165) is 56.2 Å². The Morgan fingerprint density at radius 1 is 1.04 bits per heavy atom. The molecule has 1 aromatic rings. The summed E-state index contributed by atoms with van der Waals surface area (Å²) in [6.45, 7) is 7.82. The van der Waals surface area contributed by atoms with E-state index in [1.54, 1.807) is 26.0 Å². The highest BCUT2D eigenvalue weighted by Crippen LogP contribution is 2.67. The molecule has 0 spiro atoms. The van der Waals surface area contributed by atoms with Crippen molar-refractivity contribution in [1.29, 1.82) is 0 Å². The molecule has 0 bridgehead atoms. The van der Waals surface area contributed by atoms with Gasteiger partial charge >= 0.3 is 5.97 Å². The molecule has 3 fully saturated rings. The van der Waals surface area contributed by atoms with Crippen molar-refractivity contribution in [3.05, 3.63) is 47.5 Å². The quantitative estimate of drug-likeness (QED) is 0.219. The summed E-state index contributed by atoms with van der Waals surface area (Å²) in [6, 6.07) is 7.02. The lowest BCUT2D eigenvalue weighted by atomic mass is 9.46. The van der Waals surface area contributed by atoms with Crippen molar-refractivity contribution in [3.63, 3.8) is 0 Å². The van der Waals surface area contributed by atoms with Gasteiger partial charge in [0, 0.05) is 11.8 Å². The number of amides is 2. The third-order valence-corrected chi connectivity index (χ3v) is 11.9. The predicted octanol–water partition coefficient (Wildman–Crippen LogP) is 4.64. The van der Waals surface area contributed by atoms with E-state index >= 15 is 0 Å². The number of carboxylic acid groups (broad SMARTS) is 1. The normalized spacial score (nSPS) is 33.8. The van der Waals surface area contributed by atoms with Gasteiger partial charge in [0.25, 0.3) is 5.91 Å². The molecule has 46 heavy (non-hydrogen) atoms. The van der Waals surface area contributed by atoms with Crippen molar-refractivity contribution in [1.82, 2.24) is 10.6 Å². The minimum atomic E-state index is -1.15. The van der Waals surface area contributed by atoms with Crippen LogP contribution in [0.1, 0.15) is 84.6 Å². The molecule has 9 nitrogen and oxygen atoms in total. The Hall–Kier alpha value is -3.64. The zero-order valence-electron chi connectivity index (χ0n) is 27.6. The molecule has 0 radical (unpaired) electrons. The summed E-state index contributed by atoms with van der Waals surface area (Å²) in [5, 5.41) is 30.5. The molecule has 4 aliphatic carbocycles. The molecule has 0 saturated heterocycles. The van der Waals surface area contributed by atoms with Crippen molar-refractivity contribution >= 4 is 23.5 Å². The van der Waals surface area contributed by atoms with E-state index in [1.165, 1.54) is 5.57 Å². The zero-order chi connectivity index (χ0) is 33.3. The number of terminal acetylenes is 1. The highest BCUT2D eigenvalue weighted by molar-refractivity contribution is 5.96. The minimum absolute atomic E-state index is 0.0731. The molecule has 0 aliphatic heterocycles. The minimum Gasteiger partial charge on any atom is -0.480 e. The molecular formula is C37H49N3O6. The van der Waals surface area contributed by atoms with Gasteiger partial charge in [-0.25, -0.2) is 4.79 Å². The van der Waals surface area contributed by atoms with Gasteiger partial charge in [-0.15, -0.1) is 6.42 Å². The fourth-order valence-electron chi connectivity index (χ4n) is 9.13. The Labute approximate surface area is 272 Å². The average Bonchev–Trinajstić information content (AvgIpc) is 3.30. The van der Waals surface area contributed by atoms with Crippen molar-refractivity contribution in [2.24, 2.45) is 39.7 Å². The maximum Gasteiger partial charge on any atom is 0.326 e. The monoisotopic (exact) mass is 631 g/mol. The second-order valence-corrected chi connectivity index (χ2v) is 14.7. The molecule has 0 heterocycles. The van der Waals surface area contributed by atoms with Gasteiger partial charge in [-0.1, -0.05) is 74.7 Å². The van der Waals surface area contributed by atoms with Crippen LogP contribution >= 0.6 is 0 Å². The molecule has 0 unspecified atom stereocenters. The molecule has 248 valence electrons. The Balaban J connectivity index is 1.16. The van der Waals surface area contributed by atoms with E-state index in [2.05, 4.69) is 41.6 Å². The first-order valence-electron chi connectivity index (χ1n) is 16.8. The summed E-state index contributed by atoms with van der Waals surface area (Å²) in [6.07, 6.45) is 15.6. The van der Waals surface area contributed by atoms with Gasteiger partial charge in [0.1, 0.15) is 17.7 Å². The number of aliphatic hydroxyl groups is 1. The van der Waals surface area contributed by atoms with E-state index < -0.39 is 35.5 Å². The van der Waals surface area contributed by atoms with Crippen molar-refractivity contribution < 1.29 is 29.4 Å². The van der Waals surface area contributed by atoms with Crippen LogP contribution in [0.2, 0.25) is 0 Å². The molecule has 3 saturated carbocycles. The number of hydrogen-bond donors (Lipinski definition) is 4. The largest absolute Gasteiger partial charge is 0.480 e. The first-order valence-corrected chi connectivity index (χ1v) is 16.8. The van der Waals surface area contributed by atoms with Gasteiger partial charge < -0.3 is 25.7 Å². The van der Waals surface area contributed by atoms with Crippen LogP contribution in [0, 0.1) is 46.8 Å². The second-order valence-electron chi connectivity index (χ2n) is 14.7. The second kappa shape index (κ2) is 13.2. The molecular weight excluding hydrogens is 582 g/mol. The van der Waals surface area contributed by atoms with Crippen LogP contribution in [0.25, 0.3) is 0 Å². The molecule has 5 rings (SSSR count). The van der Waals surface area contributed by atoms with E-state index in [9.17, 15) is 24.6 Å². The fourth-order valence-corrected chi connectivity index (χ4v) is 9.13. The number of carbonyl (C=O) groups excluding carboxylic acids is 2. The van der Waals surface area contributed by atoms with Crippen LogP contribution in [0.15, 0.2) is 47.1 Å². The van der Waals surface area contributed by atoms with Gasteiger partial charge in [-0.05, 0) is 92.1 Å². The Morgan fingerprint density at radius 3 is 2.43 bits per heavy atom. The predicted molar refractivity (Wildman–Crippen MR) is 175 cm³/mol. The van der Waals surface area contributed by atoms with Crippen molar-refractivity contribution in [2.75, 3.05) is 6.61 Å². The number of rotatable bonds is 10. The standard InChI is InChI=1S/C37H49N3O6/c1-6-37(45)19-16-29-27-13-12-25-21-26(14-17-35(25,4)28(27)15-18-36(29,37)5)40-46-22-31(41)39-32(23(2)3)33(42)38-30(34(43)44)20-24-10-8-7-9-11-24/h1,7-11,21,23,27-30,32,45H,12-20,22H2,2-5H3,(H,38,42)(H,39,41)(H,43,44)/b40-26-/t27-,28+,29-,30-,32+,35+,36+,37-/m1/s1. The summed E-state index contributed by atoms with van der Waals surface area (Å²) < 4.78 is 0. The molecule has 4 aliphatic rings. The van der Waals surface area contributed by atoms with Gasteiger partial charge in [0.15, 0.2) is 6.61 Å². The average molecular weight is 632 g/mol. The molecule has 1 aromatic carbocycles. The van der Waals surface area contributed by atoms with Gasteiger partial charge in [0.05, 0.1) is 5.71 Å². The first kappa shape index (κ1) is 33.7. The summed E-state index contributed by atoms with van der Waals surface area (Å²) in [7, 11) is 0. The lowest BCUT2D eigenvalue weighted by Gasteiger charge is -2.58. The third-order valence-electron chi connectivity index (χ3n) is 11.9. The number of carboxylic acids is 1. The molecule has 9 heteroatoms. The van der Waals surface area contributed by atoms with Crippen molar-refractivity contribution in [3.8, 4) is 12.3 Å². The van der Waals surface area contributed by atoms with Crippen LogP contribution in [-0.2, 0) is 25.6 Å². The Morgan fingerprint density at radius 2 is 1.76 bits per heavy atom. The number of allylic oxidation sites excluding steroid dienone is 2. The van der Waals surface area contributed by atoms with E-state index in [-0.39, 0.29) is 29.8 Å². The highest BCUT2D eigenvalue weighted by Gasteiger charge is 2.63. The number of carbonyl (C=O) groups is 3. The lowest BCUT2D eigenvalue weighted by Crippen LogP contribution is -2.54. The first-order chi connectivity index (χ1) is 21.8. The summed E-state index contributed by atoms with van der Waals surface area (Å²) in [5.41, 5.74) is 1.84. The number of oxime groups is 1. The molecule has 0 aromatic heterocycles. The van der Waals surface area contributed by atoms with Crippen LogP contribution in [-0.4, -0.2) is 58.0 Å². The van der Waals surface area contributed by atoms with Gasteiger partial charge in [0.2, 0.25) is 5.91 Å². The molecule has 4 N–H and O–H groups in total. The fraction of sp³-hybridized carbons (Fsp3) is 0.622. The Kier molecular flexibility index (Phi) is 9.70. The number of nitrogens with zero attached hydrogens (tertiary/aromatic N) is 1. The maximum atomic E-state index is 13.1. The topological polar surface area (TPSA) is 137 Å². The van der Waals surface area contributed by atoms with Crippen LogP contribution in [0.5, 0.6) is 0 Å². The van der Waals surface area contributed by atoms with Crippen LogP contribution < -0.4 is 10.6 Å². The number of fused-ring (bicyclic) bond motifs is 5. The van der Waals surface area contributed by atoms with Crippen LogP contribution in [0.3, 0.4) is 0 Å². The van der Waals surface area contributed by atoms with E-state index in [0.29, 0.717) is 24.2 Å². The zero-order valence-corrected chi connectivity index (χ0v) is 27.6. The number of hydrogen-bond acceptors (Lipinski definition) is 6. The van der Waals surface area contributed by atoms with Crippen molar-refractivity contribution in [2.45, 2.75) is 103 Å². The molecule has 8 atom stereocenters. The summed E-state index contributed by atoms with van der Waals surface area (Å²) in [4.78, 5) is 43.2. The summed E-state index contributed by atoms with van der Waals surface area (Å²) >= 11 is 0. The number of benzene rings is 1. The summed E-state index contributed by atoms with van der Waals surface area (Å²) in [5.74, 6) is 1.81. The third kappa shape index (κ3) is 6.33. The lowest BCUT2D eigenvalue weighted by molar-refractivity contribution is -0.142. The highest BCUT2D eigenvalue weighted by atomic mass is 16.6. The SMILES string of the molecule is C#C[C@@]1(O)CC[C@@H]2[C@@H]3CCC4=C/C(=N\OCC(=O)N[C@H](C(=O)N[C@H](Cc5ccccc5)C(=O)O)C(C)C)CC[C@]4(C)[C@H]3CC[C@@]21C.